The van der Waals surface area contributed by atoms with Crippen molar-refractivity contribution < 1.29 is 33.1 Å². The molecule has 2 aliphatic rings. The lowest BCUT2D eigenvalue weighted by atomic mass is 10.1. The quantitative estimate of drug-likeness (QED) is 0.330. The van der Waals surface area contributed by atoms with Crippen molar-refractivity contribution >= 4 is 29.3 Å². The topological polar surface area (TPSA) is 175 Å². The van der Waals surface area contributed by atoms with Gasteiger partial charge in [-0.1, -0.05) is 6.07 Å². The Morgan fingerprint density at radius 3 is 2.74 bits per heavy atom. The van der Waals surface area contributed by atoms with E-state index in [1.807, 2.05) is 5.32 Å². The summed E-state index contributed by atoms with van der Waals surface area (Å²) in [5, 5.41) is 26.8. The smallest absolute Gasteiger partial charge is 0.339 e. The van der Waals surface area contributed by atoms with Gasteiger partial charge in [-0.25, -0.2) is 9.79 Å². The minimum absolute atomic E-state index is 0.0196. The summed E-state index contributed by atoms with van der Waals surface area (Å²) in [5.41, 5.74) is -1.07. The largest absolute Gasteiger partial charge is 0.494 e. The van der Waals surface area contributed by atoms with Gasteiger partial charge in [0.25, 0.3) is 5.91 Å². The molecule has 2 saturated carbocycles. The van der Waals surface area contributed by atoms with E-state index in [2.05, 4.69) is 25.7 Å². The molecule has 0 atom stereocenters. The van der Waals surface area contributed by atoms with Crippen LogP contribution < -0.4 is 20.7 Å². The number of aliphatic hydroxyl groups is 1. The van der Waals surface area contributed by atoms with Crippen LogP contribution in [0.3, 0.4) is 0 Å². The molecule has 2 fully saturated rings. The first kappa shape index (κ1) is 22.4. The molecule has 2 amide bonds. The second kappa shape index (κ2) is 10.3. The number of nitrogens with one attached hydrogen (secondary N) is 2. The molecule has 5 rings (SSSR count). The van der Waals surface area contributed by atoms with E-state index in [0.29, 0.717) is 18.4 Å². The highest BCUT2D eigenvalue weighted by Crippen LogP contribution is 2.37. The molecule has 39 heavy (non-hydrogen) atoms. The molecule has 3 N–H and O–H groups in total. The van der Waals surface area contributed by atoms with Crippen molar-refractivity contribution in [3.05, 3.63) is 41.4 Å². The van der Waals surface area contributed by atoms with Crippen LogP contribution in [-0.2, 0) is 28.1 Å². The Kier molecular flexibility index (Phi) is 5.91. The van der Waals surface area contributed by atoms with Crippen molar-refractivity contribution in [2.24, 2.45) is 18.0 Å². The average molecular weight is 540 g/mol. The third kappa shape index (κ3) is 5.50. The molecule has 14 heteroatoms. The number of hydrogen-bond acceptors (Lipinski definition) is 10. The van der Waals surface area contributed by atoms with Gasteiger partial charge in [-0.3, -0.25) is 14.2 Å². The van der Waals surface area contributed by atoms with Crippen LogP contribution in [-0.4, -0.2) is 67.4 Å². The summed E-state index contributed by atoms with van der Waals surface area (Å²) in [5.74, 6) is -1.69. The number of carbonyl (C=O) groups excluding carboxylic acids is 3. The van der Waals surface area contributed by atoms with E-state index in [-0.39, 0.29) is 58.7 Å². The van der Waals surface area contributed by atoms with Gasteiger partial charge in [-0.2, -0.15) is 4.80 Å². The van der Waals surface area contributed by atoms with Gasteiger partial charge in [0.1, 0.15) is 11.5 Å². The van der Waals surface area contributed by atoms with Crippen molar-refractivity contribution in [3.8, 4) is 17.1 Å². The summed E-state index contributed by atoms with van der Waals surface area (Å²) in [6.45, 7) is -3.30. The zero-order valence-corrected chi connectivity index (χ0v) is 21.2. The standard InChI is InChI=1S/C25H28N8O6/c1-26-23(35)16-12-33(13-39-24(36)25(37)9-10-25)19(28-22(34)14-7-8-14)11-18(16)27-17-6-4-5-15(20(17)38-3)21-29-31-32(2)30-21/h4-6,11-12,14,37H,7-10,13H2,1-3H3,(H,26,35)(H,28,34)/i1D3. The third-order valence-corrected chi connectivity index (χ3v) is 6.33. The van der Waals surface area contributed by atoms with Crippen LogP contribution in [0.15, 0.2) is 35.5 Å². The number of aryl methyl sites for hydroxylation is 1. The predicted octanol–water partition coefficient (Wildman–Crippen LogP) is 0.653. The lowest BCUT2D eigenvalue weighted by Crippen LogP contribution is -2.30. The van der Waals surface area contributed by atoms with E-state index in [1.54, 1.807) is 25.2 Å². The number of esters is 1. The Bertz CT molecular complexity index is 1620. The SMILES string of the molecule is [2H]C([2H])([2H])NC(=O)c1cn(COC(=O)C2(O)CC2)c(NC(=O)C2CC2)cc1=Nc1cccc(-c2nnn(C)n2)c1OC. The number of benzene rings is 1. The van der Waals surface area contributed by atoms with E-state index in [9.17, 15) is 19.5 Å². The number of anilines is 1. The first-order valence-corrected chi connectivity index (χ1v) is 12.1. The molecule has 2 aromatic heterocycles. The molecule has 2 heterocycles. The van der Waals surface area contributed by atoms with E-state index in [4.69, 9.17) is 13.6 Å². The number of tetrazole rings is 1. The zero-order chi connectivity index (χ0) is 30.2. The van der Waals surface area contributed by atoms with Gasteiger partial charge in [-0.15, -0.1) is 10.2 Å². The Morgan fingerprint density at radius 1 is 1.31 bits per heavy atom. The lowest BCUT2D eigenvalue weighted by Gasteiger charge is -2.18. The monoisotopic (exact) mass is 539 g/mol. The van der Waals surface area contributed by atoms with Crippen LogP contribution in [0.25, 0.3) is 11.4 Å². The fourth-order valence-electron chi connectivity index (χ4n) is 3.82. The van der Waals surface area contributed by atoms with Crippen molar-refractivity contribution in [2.75, 3.05) is 19.4 Å². The highest BCUT2D eigenvalue weighted by atomic mass is 16.6. The average Bonchev–Trinajstić information content (AvgIpc) is 3.86. The molecule has 3 aromatic rings. The normalized spacial score (nSPS) is 17.4. The molecule has 0 saturated heterocycles. The summed E-state index contributed by atoms with van der Waals surface area (Å²) in [6, 6.07) is 6.32. The molecule has 2 aliphatic carbocycles. The van der Waals surface area contributed by atoms with Crippen LogP contribution in [0.2, 0.25) is 0 Å². The number of amides is 2. The number of hydrogen-bond donors (Lipinski definition) is 3. The predicted molar refractivity (Wildman–Crippen MR) is 135 cm³/mol. The number of ether oxygens (including phenoxy) is 2. The molecule has 14 nitrogen and oxygen atoms in total. The van der Waals surface area contributed by atoms with Gasteiger partial charge in [0, 0.05) is 29.3 Å². The Hall–Kier alpha value is -4.59. The number of pyridine rings is 1. The fraction of sp³-hybridized carbons (Fsp3) is 0.400. The number of carbonyl (C=O) groups is 3. The van der Waals surface area contributed by atoms with E-state index in [1.165, 1.54) is 28.7 Å². The fourth-order valence-corrected chi connectivity index (χ4v) is 3.82. The van der Waals surface area contributed by atoms with Crippen molar-refractivity contribution in [1.29, 1.82) is 0 Å². The van der Waals surface area contributed by atoms with E-state index < -0.39 is 31.2 Å². The lowest BCUT2D eigenvalue weighted by molar-refractivity contribution is -0.159. The van der Waals surface area contributed by atoms with Crippen LogP contribution in [0, 0.1) is 5.92 Å². The first-order chi connectivity index (χ1) is 19.9. The summed E-state index contributed by atoms with van der Waals surface area (Å²) >= 11 is 0. The molecule has 0 aliphatic heterocycles. The molecule has 1 aromatic carbocycles. The minimum atomic E-state index is -2.82. The van der Waals surface area contributed by atoms with Gasteiger partial charge < -0.3 is 25.2 Å². The second-order valence-electron chi connectivity index (χ2n) is 9.31. The van der Waals surface area contributed by atoms with E-state index in [0.717, 1.165) is 0 Å². The number of aromatic nitrogens is 5. The first-order valence-electron chi connectivity index (χ1n) is 13.6. The minimum Gasteiger partial charge on any atom is -0.494 e. The summed E-state index contributed by atoms with van der Waals surface area (Å²) < 4.78 is 34.7. The van der Waals surface area contributed by atoms with Crippen LogP contribution in [0.5, 0.6) is 5.75 Å². The number of rotatable bonds is 9. The molecular weight excluding hydrogens is 508 g/mol. The van der Waals surface area contributed by atoms with Crippen LogP contribution in [0.4, 0.5) is 11.5 Å². The van der Waals surface area contributed by atoms with Gasteiger partial charge in [0.15, 0.2) is 18.1 Å². The van der Waals surface area contributed by atoms with Gasteiger partial charge in [0.05, 0.1) is 30.6 Å². The number of nitrogens with zero attached hydrogens (tertiary/aromatic N) is 6. The Morgan fingerprint density at radius 2 is 2.10 bits per heavy atom. The highest BCUT2D eigenvalue weighted by Gasteiger charge is 2.49. The Labute approximate surface area is 226 Å². The summed E-state index contributed by atoms with van der Waals surface area (Å²) in [4.78, 5) is 44.1. The highest BCUT2D eigenvalue weighted by molar-refractivity contribution is 5.96. The third-order valence-electron chi connectivity index (χ3n) is 6.33. The maximum absolute atomic E-state index is 13.2. The number of methoxy groups -OCH3 is 1. The molecule has 0 unspecified atom stereocenters. The zero-order valence-electron chi connectivity index (χ0n) is 24.2. The maximum atomic E-state index is 13.2. The Balaban J connectivity index is 1.64. The molecule has 0 radical (unpaired) electrons. The van der Waals surface area contributed by atoms with Crippen LogP contribution in [0.1, 0.15) is 40.2 Å². The van der Waals surface area contributed by atoms with Gasteiger partial charge >= 0.3 is 5.97 Å². The van der Waals surface area contributed by atoms with Crippen molar-refractivity contribution in [3.63, 3.8) is 0 Å². The summed E-state index contributed by atoms with van der Waals surface area (Å²) in [6.07, 6.45) is 3.16. The summed E-state index contributed by atoms with van der Waals surface area (Å²) in [7, 11) is 3.02. The molecular formula is C25H28N8O6. The van der Waals surface area contributed by atoms with Gasteiger partial charge in [-0.05, 0) is 43.0 Å². The molecule has 0 spiro atoms. The molecule has 204 valence electrons. The van der Waals surface area contributed by atoms with Crippen molar-refractivity contribution in [1.82, 2.24) is 30.1 Å². The van der Waals surface area contributed by atoms with Crippen LogP contribution >= 0.6 is 0 Å². The molecule has 0 bridgehead atoms. The van der Waals surface area contributed by atoms with Crippen molar-refractivity contribution in [2.45, 2.75) is 38.0 Å². The number of para-hydroxylation sites is 1. The second-order valence-corrected chi connectivity index (χ2v) is 9.31. The van der Waals surface area contributed by atoms with E-state index >= 15 is 0 Å². The van der Waals surface area contributed by atoms with Gasteiger partial charge in [0.2, 0.25) is 11.7 Å². The maximum Gasteiger partial charge on any atom is 0.339 e.